The van der Waals surface area contributed by atoms with Crippen LogP contribution in [0.1, 0.15) is 5.56 Å². The van der Waals surface area contributed by atoms with Crippen LogP contribution in [0.5, 0.6) is 5.75 Å². The van der Waals surface area contributed by atoms with Gasteiger partial charge < -0.3 is 14.3 Å². The van der Waals surface area contributed by atoms with Crippen molar-refractivity contribution >= 4 is 39.6 Å². The van der Waals surface area contributed by atoms with Crippen LogP contribution < -0.4 is 10.2 Å². The zero-order chi connectivity index (χ0) is 24.9. The fraction of sp³-hybridized carbons (Fsp3) is 0.276. The molecule has 0 radical (unpaired) electrons. The first-order chi connectivity index (χ1) is 17.6. The first-order valence-electron chi connectivity index (χ1n) is 12.2. The fourth-order valence-electron chi connectivity index (χ4n) is 4.53. The Morgan fingerprint density at radius 2 is 1.75 bits per heavy atom. The van der Waals surface area contributed by atoms with Gasteiger partial charge >= 0.3 is 0 Å². The van der Waals surface area contributed by atoms with Crippen molar-refractivity contribution in [2.75, 3.05) is 45.9 Å². The van der Waals surface area contributed by atoms with Gasteiger partial charge in [-0.25, -0.2) is 0 Å². The molecule has 4 aromatic rings. The highest BCUT2D eigenvalue weighted by atomic mass is 35.5. The van der Waals surface area contributed by atoms with Gasteiger partial charge in [0.2, 0.25) is 5.43 Å². The lowest BCUT2D eigenvalue weighted by molar-refractivity contribution is 0.0483. The van der Waals surface area contributed by atoms with E-state index in [0.29, 0.717) is 39.3 Å². The molecule has 186 valence electrons. The molecule has 1 unspecified atom stereocenters. The molecular weight excluding hydrogens is 476 g/mol. The number of halogens is 1. The number of aliphatic hydroxyl groups is 1. The average molecular weight is 505 g/mol. The third-order valence-corrected chi connectivity index (χ3v) is 6.70. The second kappa shape index (κ2) is 11.3. The van der Waals surface area contributed by atoms with E-state index in [1.54, 1.807) is 36.4 Å². The smallest absolute Gasteiger partial charge is 0.200 e. The maximum absolute atomic E-state index is 12.9. The van der Waals surface area contributed by atoms with Crippen LogP contribution in [0.4, 0.5) is 0 Å². The molecule has 3 aromatic carbocycles. The molecule has 1 aliphatic rings. The molecule has 1 N–H and O–H groups in total. The molecule has 1 saturated heterocycles. The second-order valence-corrected chi connectivity index (χ2v) is 9.52. The summed E-state index contributed by atoms with van der Waals surface area (Å²) in [5, 5.41) is 12.0. The predicted octanol–water partition coefficient (Wildman–Crippen LogP) is 4.67. The Labute approximate surface area is 215 Å². The third kappa shape index (κ3) is 5.79. The van der Waals surface area contributed by atoms with Crippen molar-refractivity contribution in [1.29, 1.82) is 0 Å². The highest BCUT2D eigenvalue weighted by Gasteiger charge is 2.19. The number of nitrogens with zero attached hydrogens (tertiary/aromatic N) is 2. The quantitative estimate of drug-likeness (QED) is 0.352. The Balaban J connectivity index is 1.14. The summed E-state index contributed by atoms with van der Waals surface area (Å²) in [4.78, 5) is 17.6. The van der Waals surface area contributed by atoms with Crippen LogP contribution in [-0.4, -0.2) is 66.9 Å². The summed E-state index contributed by atoms with van der Waals surface area (Å²) in [6.45, 7) is 5.25. The molecule has 1 fully saturated rings. The van der Waals surface area contributed by atoms with Gasteiger partial charge in [0.25, 0.3) is 0 Å². The lowest BCUT2D eigenvalue weighted by Gasteiger charge is -2.35. The minimum atomic E-state index is -0.661. The molecule has 6 nitrogen and oxygen atoms in total. The van der Waals surface area contributed by atoms with E-state index in [-0.39, 0.29) is 12.0 Å². The maximum atomic E-state index is 12.9. The van der Waals surface area contributed by atoms with Crippen molar-refractivity contribution in [3.05, 3.63) is 93.6 Å². The number of aliphatic hydroxyl groups excluding tert-OH is 1. The minimum absolute atomic E-state index is 0.108. The van der Waals surface area contributed by atoms with E-state index >= 15 is 0 Å². The number of fused-ring (bicyclic) bond motifs is 2. The Morgan fingerprint density at radius 1 is 0.972 bits per heavy atom. The average Bonchev–Trinajstić information content (AvgIpc) is 2.89. The molecular formula is C29H29ClN2O4. The van der Waals surface area contributed by atoms with Crippen LogP contribution >= 0.6 is 11.6 Å². The normalized spacial score (nSPS) is 16.2. The van der Waals surface area contributed by atoms with E-state index in [9.17, 15) is 9.90 Å². The van der Waals surface area contributed by atoms with Crippen LogP contribution in [0.25, 0.3) is 28.0 Å². The van der Waals surface area contributed by atoms with Crippen molar-refractivity contribution in [2.45, 2.75) is 6.10 Å². The largest absolute Gasteiger partial charge is 0.487 e. The summed E-state index contributed by atoms with van der Waals surface area (Å²) in [5.41, 5.74) is 1.85. The number of hydrogen-bond acceptors (Lipinski definition) is 6. The van der Waals surface area contributed by atoms with Crippen molar-refractivity contribution in [1.82, 2.24) is 9.80 Å². The molecule has 1 atom stereocenters. The number of rotatable bonds is 8. The molecule has 0 aliphatic carbocycles. The van der Waals surface area contributed by atoms with Crippen LogP contribution in [0, 0.1) is 0 Å². The Kier molecular flexibility index (Phi) is 7.68. The van der Waals surface area contributed by atoms with Gasteiger partial charge in [0.05, 0.1) is 10.8 Å². The van der Waals surface area contributed by atoms with Crippen LogP contribution in [0.15, 0.2) is 82.0 Å². The van der Waals surface area contributed by atoms with E-state index in [1.165, 1.54) is 5.56 Å². The second-order valence-electron chi connectivity index (χ2n) is 9.08. The molecule has 1 aromatic heterocycles. The zero-order valence-corrected chi connectivity index (χ0v) is 20.7. The highest BCUT2D eigenvalue weighted by Crippen LogP contribution is 2.28. The van der Waals surface area contributed by atoms with E-state index in [1.807, 2.05) is 18.2 Å². The highest BCUT2D eigenvalue weighted by molar-refractivity contribution is 6.31. The third-order valence-electron chi connectivity index (χ3n) is 6.46. The van der Waals surface area contributed by atoms with E-state index in [4.69, 9.17) is 20.8 Å². The number of benzene rings is 3. The van der Waals surface area contributed by atoms with E-state index < -0.39 is 6.10 Å². The van der Waals surface area contributed by atoms with Gasteiger partial charge in [-0.2, -0.15) is 0 Å². The number of para-hydroxylation sites is 1. The lowest BCUT2D eigenvalue weighted by Crippen LogP contribution is -2.49. The summed E-state index contributed by atoms with van der Waals surface area (Å²) in [6, 6.07) is 20.5. The molecule has 2 heterocycles. The minimum Gasteiger partial charge on any atom is -0.487 e. The summed E-state index contributed by atoms with van der Waals surface area (Å²) in [5.74, 6) is 0.431. The van der Waals surface area contributed by atoms with E-state index in [0.717, 1.165) is 32.7 Å². The number of ether oxygens (including phenoxy) is 1. The molecule has 0 bridgehead atoms. The summed E-state index contributed by atoms with van der Waals surface area (Å²) in [6.07, 6.45) is 3.69. The standard InChI is InChI=1S/C29H29ClN2O4/c30-22-11-12-24-27(18-22)36-29-25(28(24)34)9-4-10-26(29)35-20-23(33)19-32-16-14-31(15-17-32)13-5-8-21-6-2-1-3-7-21/h1-12,18,23,33H,13-17,19-20H2/b8-5+. The SMILES string of the molecule is O=c1c2ccc(Cl)cc2oc2c(OCC(O)CN3CCN(C/C=C/c4ccccc4)CC3)cccc12. The van der Waals surface area contributed by atoms with Crippen molar-refractivity contribution < 1.29 is 14.3 Å². The van der Waals surface area contributed by atoms with Gasteiger partial charge in [-0.05, 0) is 29.8 Å². The zero-order valence-electron chi connectivity index (χ0n) is 20.0. The Bertz CT molecular complexity index is 1410. The lowest BCUT2D eigenvalue weighted by atomic mass is 10.1. The molecule has 0 amide bonds. The topological polar surface area (TPSA) is 66.2 Å². The first kappa shape index (κ1) is 24.5. The van der Waals surface area contributed by atoms with Gasteiger partial charge in [-0.3, -0.25) is 14.6 Å². The van der Waals surface area contributed by atoms with Gasteiger partial charge in [-0.1, -0.05) is 60.2 Å². The monoisotopic (exact) mass is 504 g/mol. The molecule has 36 heavy (non-hydrogen) atoms. The number of hydrogen-bond donors (Lipinski definition) is 1. The van der Waals surface area contributed by atoms with Crippen molar-refractivity contribution in [3.63, 3.8) is 0 Å². The molecule has 5 rings (SSSR count). The summed E-state index contributed by atoms with van der Waals surface area (Å²) >= 11 is 6.08. The summed E-state index contributed by atoms with van der Waals surface area (Å²) < 4.78 is 11.9. The molecule has 0 spiro atoms. The van der Waals surface area contributed by atoms with Crippen LogP contribution in [0.2, 0.25) is 5.02 Å². The number of piperazine rings is 1. The van der Waals surface area contributed by atoms with Gasteiger partial charge in [0, 0.05) is 50.4 Å². The summed E-state index contributed by atoms with van der Waals surface area (Å²) in [7, 11) is 0. The van der Waals surface area contributed by atoms with Gasteiger partial charge in [-0.15, -0.1) is 0 Å². The van der Waals surface area contributed by atoms with Crippen LogP contribution in [-0.2, 0) is 0 Å². The maximum Gasteiger partial charge on any atom is 0.200 e. The van der Waals surface area contributed by atoms with E-state index in [2.05, 4.69) is 34.1 Å². The Morgan fingerprint density at radius 3 is 2.56 bits per heavy atom. The molecule has 7 heteroatoms. The predicted molar refractivity (Wildman–Crippen MR) is 145 cm³/mol. The number of β-amino-alcohol motifs (C(OH)–C–C–N with tert-alkyl or cyclic N) is 1. The first-order valence-corrected chi connectivity index (χ1v) is 12.6. The van der Waals surface area contributed by atoms with Gasteiger partial charge in [0.15, 0.2) is 11.3 Å². The molecule has 1 aliphatic heterocycles. The van der Waals surface area contributed by atoms with Crippen molar-refractivity contribution in [3.8, 4) is 5.75 Å². The molecule has 0 saturated carbocycles. The fourth-order valence-corrected chi connectivity index (χ4v) is 4.69. The van der Waals surface area contributed by atoms with Crippen LogP contribution in [0.3, 0.4) is 0 Å². The Hall–Kier alpha value is -3.16. The van der Waals surface area contributed by atoms with Crippen molar-refractivity contribution in [2.24, 2.45) is 0 Å². The van der Waals surface area contributed by atoms with Gasteiger partial charge in [0.1, 0.15) is 18.3 Å².